The van der Waals surface area contributed by atoms with Crippen molar-refractivity contribution in [1.29, 1.82) is 0 Å². The minimum absolute atomic E-state index is 0.761. The molecule has 5 aromatic rings. The minimum atomic E-state index is 0.761. The van der Waals surface area contributed by atoms with E-state index in [0.717, 1.165) is 33.5 Å². The highest BCUT2D eigenvalue weighted by atomic mass is 14.9. The Morgan fingerprint density at radius 2 is 1.33 bits per heavy atom. The lowest BCUT2D eigenvalue weighted by atomic mass is 9.99. The van der Waals surface area contributed by atoms with Crippen LogP contribution in [0.2, 0.25) is 0 Å². The average molecular weight is 346 g/mol. The molecule has 0 unspecified atom stereocenters. The summed E-state index contributed by atoms with van der Waals surface area (Å²) in [5, 5.41) is 3.49. The maximum Gasteiger partial charge on any atom is 0.160 e. The van der Waals surface area contributed by atoms with Crippen LogP contribution >= 0.6 is 0 Å². The van der Waals surface area contributed by atoms with Gasteiger partial charge in [0, 0.05) is 16.5 Å². The van der Waals surface area contributed by atoms with Gasteiger partial charge in [-0.15, -0.1) is 0 Å². The molecule has 0 saturated carbocycles. The molecular formula is C25H18N2. The summed E-state index contributed by atoms with van der Waals surface area (Å²) in [6, 6.07) is 31.4. The Balaban J connectivity index is 1.88. The third-order valence-corrected chi connectivity index (χ3v) is 4.94. The second-order valence-corrected chi connectivity index (χ2v) is 6.81. The van der Waals surface area contributed by atoms with Crippen molar-refractivity contribution in [1.82, 2.24) is 9.97 Å². The van der Waals surface area contributed by atoms with Crippen molar-refractivity contribution in [2.75, 3.05) is 0 Å². The molecule has 27 heavy (non-hydrogen) atoms. The number of aryl methyl sites for hydroxylation is 1. The summed E-state index contributed by atoms with van der Waals surface area (Å²) in [6.07, 6.45) is 0. The number of fused-ring (bicyclic) bond motifs is 3. The number of rotatable bonds is 2. The van der Waals surface area contributed by atoms with Crippen LogP contribution in [0.4, 0.5) is 0 Å². The van der Waals surface area contributed by atoms with E-state index in [9.17, 15) is 0 Å². The summed E-state index contributed by atoms with van der Waals surface area (Å²) in [5.74, 6) is 0.761. The predicted molar refractivity (Wildman–Crippen MR) is 113 cm³/mol. The molecule has 2 nitrogen and oxygen atoms in total. The van der Waals surface area contributed by atoms with Gasteiger partial charge in [-0.2, -0.15) is 0 Å². The van der Waals surface area contributed by atoms with Crippen LogP contribution in [0.3, 0.4) is 0 Å². The molecule has 0 spiro atoms. The molecule has 0 aliphatic carbocycles. The van der Waals surface area contributed by atoms with Crippen LogP contribution in [0.1, 0.15) is 5.56 Å². The molecule has 0 aliphatic heterocycles. The Morgan fingerprint density at radius 3 is 2.15 bits per heavy atom. The standard InChI is InChI=1S/C25H18N2/c1-17-11-13-20(14-12-17)25-26-22-16-15-18-7-5-6-10-21(18)23(22)24(27-25)19-8-3-2-4-9-19/h2-16H,1H3. The van der Waals surface area contributed by atoms with Crippen molar-refractivity contribution in [3.05, 3.63) is 96.6 Å². The fourth-order valence-corrected chi connectivity index (χ4v) is 3.54. The molecule has 0 atom stereocenters. The number of aromatic nitrogens is 2. The highest BCUT2D eigenvalue weighted by molar-refractivity contribution is 6.12. The third-order valence-electron chi connectivity index (χ3n) is 4.94. The zero-order valence-electron chi connectivity index (χ0n) is 15.1. The van der Waals surface area contributed by atoms with Gasteiger partial charge in [-0.1, -0.05) is 90.5 Å². The van der Waals surface area contributed by atoms with Crippen molar-refractivity contribution < 1.29 is 0 Å². The van der Waals surface area contributed by atoms with E-state index in [4.69, 9.17) is 9.97 Å². The molecule has 4 aromatic carbocycles. The van der Waals surface area contributed by atoms with Crippen molar-refractivity contribution in [3.8, 4) is 22.6 Å². The van der Waals surface area contributed by atoms with Gasteiger partial charge in [0.2, 0.25) is 0 Å². The summed E-state index contributed by atoms with van der Waals surface area (Å²) in [5.41, 5.74) is 5.32. The van der Waals surface area contributed by atoms with Crippen molar-refractivity contribution in [2.45, 2.75) is 6.92 Å². The second kappa shape index (κ2) is 6.33. The molecule has 1 heterocycles. The summed E-state index contributed by atoms with van der Waals surface area (Å²) >= 11 is 0. The van der Waals surface area contributed by atoms with Crippen LogP contribution in [-0.2, 0) is 0 Å². The van der Waals surface area contributed by atoms with Gasteiger partial charge in [-0.25, -0.2) is 9.97 Å². The Labute approximate surface area is 158 Å². The largest absolute Gasteiger partial charge is 0.228 e. The first-order chi connectivity index (χ1) is 13.3. The number of hydrogen-bond donors (Lipinski definition) is 0. The van der Waals surface area contributed by atoms with E-state index >= 15 is 0 Å². The van der Waals surface area contributed by atoms with E-state index in [1.165, 1.54) is 16.3 Å². The van der Waals surface area contributed by atoms with E-state index in [-0.39, 0.29) is 0 Å². The van der Waals surface area contributed by atoms with Crippen molar-refractivity contribution in [2.24, 2.45) is 0 Å². The average Bonchev–Trinajstić information content (AvgIpc) is 2.74. The smallest absolute Gasteiger partial charge is 0.160 e. The lowest BCUT2D eigenvalue weighted by Gasteiger charge is -2.12. The van der Waals surface area contributed by atoms with Crippen LogP contribution in [0.15, 0.2) is 91.0 Å². The minimum Gasteiger partial charge on any atom is -0.228 e. The van der Waals surface area contributed by atoms with Gasteiger partial charge in [0.15, 0.2) is 5.82 Å². The van der Waals surface area contributed by atoms with E-state index in [1.807, 2.05) is 6.07 Å². The number of hydrogen-bond acceptors (Lipinski definition) is 2. The van der Waals surface area contributed by atoms with Crippen LogP contribution < -0.4 is 0 Å². The Hall–Kier alpha value is -3.52. The highest BCUT2D eigenvalue weighted by Gasteiger charge is 2.13. The van der Waals surface area contributed by atoms with E-state index in [2.05, 4.69) is 91.9 Å². The fourth-order valence-electron chi connectivity index (χ4n) is 3.54. The fraction of sp³-hybridized carbons (Fsp3) is 0.0400. The maximum absolute atomic E-state index is 5.01. The first kappa shape index (κ1) is 15.7. The molecule has 0 radical (unpaired) electrons. The monoisotopic (exact) mass is 346 g/mol. The normalized spacial score (nSPS) is 11.1. The van der Waals surface area contributed by atoms with Gasteiger partial charge in [-0.05, 0) is 23.8 Å². The van der Waals surface area contributed by atoms with Gasteiger partial charge < -0.3 is 0 Å². The van der Waals surface area contributed by atoms with E-state index < -0.39 is 0 Å². The van der Waals surface area contributed by atoms with Crippen molar-refractivity contribution in [3.63, 3.8) is 0 Å². The molecule has 0 N–H and O–H groups in total. The van der Waals surface area contributed by atoms with E-state index in [0.29, 0.717) is 0 Å². The number of nitrogens with zero attached hydrogens (tertiary/aromatic N) is 2. The third kappa shape index (κ3) is 2.76. The van der Waals surface area contributed by atoms with Crippen molar-refractivity contribution >= 4 is 21.7 Å². The Bertz CT molecular complexity index is 1260. The van der Waals surface area contributed by atoms with Gasteiger partial charge in [-0.3, -0.25) is 0 Å². The second-order valence-electron chi connectivity index (χ2n) is 6.81. The quantitative estimate of drug-likeness (QED) is 0.344. The molecule has 128 valence electrons. The maximum atomic E-state index is 5.01. The summed E-state index contributed by atoms with van der Waals surface area (Å²) in [4.78, 5) is 9.91. The number of benzene rings is 4. The lowest BCUT2D eigenvalue weighted by molar-refractivity contribution is 1.23. The van der Waals surface area contributed by atoms with E-state index in [1.54, 1.807) is 0 Å². The van der Waals surface area contributed by atoms with Gasteiger partial charge in [0.05, 0.1) is 11.2 Å². The van der Waals surface area contributed by atoms with Gasteiger partial charge >= 0.3 is 0 Å². The molecule has 5 rings (SSSR count). The Kier molecular flexibility index (Phi) is 3.68. The predicted octanol–water partition coefficient (Wildman–Crippen LogP) is 6.43. The molecule has 0 saturated heterocycles. The molecule has 2 heteroatoms. The molecule has 1 aromatic heterocycles. The van der Waals surface area contributed by atoms with Gasteiger partial charge in [0.25, 0.3) is 0 Å². The zero-order valence-corrected chi connectivity index (χ0v) is 15.1. The highest BCUT2D eigenvalue weighted by Crippen LogP contribution is 2.34. The summed E-state index contributed by atoms with van der Waals surface area (Å²) in [7, 11) is 0. The molecule has 0 fully saturated rings. The molecule has 0 bridgehead atoms. The van der Waals surface area contributed by atoms with Crippen LogP contribution in [-0.4, -0.2) is 9.97 Å². The lowest BCUT2D eigenvalue weighted by Crippen LogP contribution is -1.96. The summed E-state index contributed by atoms with van der Waals surface area (Å²) in [6.45, 7) is 2.09. The SMILES string of the molecule is Cc1ccc(-c2nc(-c3ccccc3)c3c(ccc4ccccc43)n2)cc1. The summed E-state index contributed by atoms with van der Waals surface area (Å²) < 4.78 is 0. The Morgan fingerprint density at radius 1 is 0.593 bits per heavy atom. The van der Waals surface area contributed by atoms with Crippen LogP contribution in [0, 0.1) is 6.92 Å². The molecule has 0 amide bonds. The zero-order chi connectivity index (χ0) is 18.2. The van der Waals surface area contributed by atoms with Crippen LogP contribution in [0.5, 0.6) is 0 Å². The topological polar surface area (TPSA) is 25.8 Å². The first-order valence-electron chi connectivity index (χ1n) is 9.11. The molecule has 0 aliphatic rings. The van der Waals surface area contributed by atoms with Crippen LogP contribution in [0.25, 0.3) is 44.3 Å². The first-order valence-corrected chi connectivity index (χ1v) is 9.11. The van der Waals surface area contributed by atoms with Gasteiger partial charge in [0.1, 0.15) is 0 Å². The molecular weight excluding hydrogens is 328 g/mol.